The van der Waals surface area contributed by atoms with Gasteiger partial charge in [-0.1, -0.05) is 35.9 Å². The minimum absolute atomic E-state index is 0.0974. The summed E-state index contributed by atoms with van der Waals surface area (Å²) in [7, 11) is 0. The molecule has 0 saturated carbocycles. The summed E-state index contributed by atoms with van der Waals surface area (Å²) < 4.78 is 11.1. The Morgan fingerprint density at radius 3 is 2.52 bits per heavy atom. The van der Waals surface area contributed by atoms with Gasteiger partial charge in [-0.3, -0.25) is 0 Å². The molecule has 0 spiro atoms. The summed E-state index contributed by atoms with van der Waals surface area (Å²) in [6.07, 6.45) is 0. The highest BCUT2D eigenvalue weighted by molar-refractivity contribution is 6.32. The Morgan fingerprint density at radius 1 is 1.26 bits per heavy atom. The zero-order chi connectivity index (χ0) is 16.8. The third-order valence-electron chi connectivity index (χ3n) is 3.01. The van der Waals surface area contributed by atoms with Crippen LogP contribution in [0.15, 0.2) is 36.4 Å². The van der Waals surface area contributed by atoms with Crippen molar-refractivity contribution in [3.63, 3.8) is 0 Å². The van der Waals surface area contributed by atoms with Gasteiger partial charge in [-0.25, -0.2) is 0 Å². The second-order valence-corrected chi connectivity index (χ2v) is 5.01. The van der Waals surface area contributed by atoms with Gasteiger partial charge in [-0.15, -0.1) is 0 Å². The number of carbonyl (C=O) groups excluding carboxylic acids is 1. The number of halogens is 1. The molecule has 0 fully saturated rings. The van der Waals surface area contributed by atoms with Gasteiger partial charge in [-0.2, -0.15) is 5.26 Å². The number of aromatic carboxylic acids is 1. The van der Waals surface area contributed by atoms with Crippen LogP contribution in [0, 0.1) is 11.3 Å². The Hall–Kier alpha value is -2.71. The Kier molecular flexibility index (Phi) is 5.45. The van der Waals surface area contributed by atoms with Crippen LogP contribution in [0.5, 0.6) is 11.5 Å². The average Bonchev–Trinajstić information content (AvgIpc) is 2.54. The van der Waals surface area contributed by atoms with E-state index in [-0.39, 0.29) is 17.2 Å². The molecule has 0 unspecified atom stereocenters. The van der Waals surface area contributed by atoms with E-state index in [1.807, 2.05) is 13.0 Å². The van der Waals surface area contributed by atoms with Gasteiger partial charge in [0.15, 0.2) is 11.5 Å². The van der Waals surface area contributed by atoms with Gasteiger partial charge in [0, 0.05) is 6.07 Å². The first-order chi connectivity index (χ1) is 11.0. The predicted molar refractivity (Wildman–Crippen MR) is 82.4 cm³/mol. The van der Waals surface area contributed by atoms with Crippen LogP contribution in [-0.4, -0.2) is 12.6 Å². The fourth-order valence-corrected chi connectivity index (χ4v) is 2.19. The van der Waals surface area contributed by atoms with Crippen molar-refractivity contribution in [2.75, 3.05) is 6.61 Å². The topological polar surface area (TPSA) is 82.4 Å². The molecular formula is C17H13ClNO4-. The summed E-state index contributed by atoms with van der Waals surface area (Å²) in [6, 6.07) is 11.2. The molecule has 23 heavy (non-hydrogen) atoms. The lowest BCUT2D eigenvalue weighted by Gasteiger charge is -2.14. The maximum absolute atomic E-state index is 10.7. The van der Waals surface area contributed by atoms with Crippen LogP contribution >= 0.6 is 11.6 Å². The molecule has 0 aliphatic rings. The first kappa shape index (κ1) is 16.7. The molecule has 2 aromatic carbocycles. The Labute approximate surface area is 138 Å². The van der Waals surface area contributed by atoms with Crippen molar-refractivity contribution >= 4 is 17.6 Å². The van der Waals surface area contributed by atoms with Crippen LogP contribution in [0.3, 0.4) is 0 Å². The molecule has 0 radical (unpaired) electrons. The minimum atomic E-state index is -1.23. The number of ether oxygens (including phenoxy) is 2. The van der Waals surface area contributed by atoms with E-state index >= 15 is 0 Å². The lowest BCUT2D eigenvalue weighted by Crippen LogP contribution is -2.22. The average molecular weight is 331 g/mol. The normalized spacial score (nSPS) is 9.96. The third-order valence-corrected chi connectivity index (χ3v) is 3.29. The van der Waals surface area contributed by atoms with Crippen molar-refractivity contribution in [2.45, 2.75) is 13.5 Å². The van der Waals surface area contributed by atoms with Crippen LogP contribution in [0.4, 0.5) is 0 Å². The lowest BCUT2D eigenvalue weighted by atomic mass is 10.1. The Morgan fingerprint density at radius 2 is 1.96 bits per heavy atom. The molecule has 5 nitrogen and oxygen atoms in total. The number of carbonyl (C=O) groups is 1. The van der Waals surface area contributed by atoms with Gasteiger partial charge >= 0.3 is 0 Å². The van der Waals surface area contributed by atoms with Crippen molar-refractivity contribution in [2.24, 2.45) is 0 Å². The minimum Gasteiger partial charge on any atom is -0.545 e. The molecule has 2 rings (SSSR count). The summed E-state index contributed by atoms with van der Waals surface area (Å²) >= 11 is 6.14. The summed E-state index contributed by atoms with van der Waals surface area (Å²) in [5.74, 6) is -0.495. The Bertz CT molecular complexity index is 750. The quantitative estimate of drug-likeness (QED) is 0.813. The number of carboxylic acid groups (broad SMARTS) is 1. The molecule has 0 aliphatic heterocycles. The van der Waals surface area contributed by atoms with Gasteiger partial charge in [0.25, 0.3) is 0 Å². The highest BCUT2D eigenvalue weighted by atomic mass is 35.5. The second kappa shape index (κ2) is 7.52. The van der Waals surface area contributed by atoms with E-state index in [0.717, 1.165) is 5.56 Å². The molecule has 118 valence electrons. The molecular weight excluding hydrogens is 318 g/mol. The maximum atomic E-state index is 10.7. The van der Waals surface area contributed by atoms with Crippen molar-refractivity contribution < 1.29 is 19.4 Å². The highest BCUT2D eigenvalue weighted by Gasteiger charge is 2.13. The van der Waals surface area contributed by atoms with E-state index in [2.05, 4.69) is 0 Å². The summed E-state index contributed by atoms with van der Waals surface area (Å²) in [6.45, 7) is 2.40. The number of nitriles is 1. The van der Waals surface area contributed by atoms with Gasteiger partial charge in [0.1, 0.15) is 6.61 Å². The second-order valence-electron chi connectivity index (χ2n) is 4.60. The Balaban J connectivity index is 2.19. The lowest BCUT2D eigenvalue weighted by molar-refractivity contribution is -0.255. The van der Waals surface area contributed by atoms with Gasteiger partial charge in [0.05, 0.1) is 29.2 Å². The predicted octanol–water partition coefficient (Wildman–Crippen LogP) is 2.55. The van der Waals surface area contributed by atoms with Gasteiger partial charge in [-0.05, 0) is 24.1 Å². The van der Waals surface area contributed by atoms with Crippen LogP contribution in [-0.2, 0) is 6.61 Å². The fourth-order valence-electron chi connectivity index (χ4n) is 1.93. The summed E-state index contributed by atoms with van der Waals surface area (Å²) in [5, 5.41) is 20.0. The molecule has 0 bridgehead atoms. The number of hydrogen-bond acceptors (Lipinski definition) is 5. The van der Waals surface area contributed by atoms with Crippen LogP contribution in [0.1, 0.15) is 28.4 Å². The van der Waals surface area contributed by atoms with Gasteiger partial charge < -0.3 is 19.4 Å². The molecule has 0 atom stereocenters. The van der Waals surface area contributed by atoms with E-state index in [9.17, 15) is 9.90 Å². The fraction of sp³-hybridized carbons (Fsp3) is 0.176. The van der Waals surface area contributed by atoms with Crippen molar-refractivity contribution in [3.8, 4) is 17.6 Å². The SMILES string of the molecule is CCOc1cc(C#N)cc(Cl)c1OCc1ccc(C(=O)[O-])cc1. The molecule has 0 aliphatic carbocycles. The molecule has 2 aromatic rings. The number of rotatable bonds is 6. The van der Waals surface area contributed by atoms with Crippen LogP contribution in [0.25, 0.3) is 0 Å². The standard InChI is InChI=1S/C17H14ClNO4/c1-2-22-15-8-12(9-19)7-14(18)16(15)23-10-11-3-5-13(6-4-11)17(20)21/h3-8H,2,10H2,1H3,(H,20,21)/p-1. The molecule has 0 N–H and O–H groups in total. The number of benzene rings is 2. The monoisotopic (exact) mass is 330 g/mol. The zero-order valence-corrected chi connectivity index (χ0v) is 13.1. The van der Waals surface area contributed by atoms with Crippen molar-refractivity contribution in [1.82, 2.24) is 0 Å². The van der Waals surface area contributed by atoms with Crippen molar-refractivity contribution in [3.05, 3.63) is 58.1 Å². The van der Waals surface area contributed by atoms with E-state index in [0.29, 0.717) is 23.7 Å². The third kappa shape index (κ3) is 4.15. The van der Waals surface area contributed by atoms with E-state index in [1.54, 1.807) is 18.2 Å². The molecule has 6 heteroatoms. The van der Waals surface area contributed by atoms with Crippen LogP contribution in [0.2, 0.25) is 5.02 Å². The molecule has 0 aromatic heterocycles. The summed E-state index contributed by atoms with van der Waals surface area (Å²) in [4.78, 5) is 10.7. The summed E-state index contributed by atoms with van der Waals surface area (Å²) in [5.41, 5.74) is 1.24. The number of hydrogen-bond donors (Lipinski definition) is 0. The zero-order valence-electron chi connectivity index (χ0n) is 12.3. The van der Waals surface area contributed by atoms with E-state index in [4.69, 9.17) is 26.3 Å². The highest BCUT2D eigenvalue weighted by Crippen LogP contribution is 2.37. The first-order valence-electron chi connectivity index (χ1n) is 6.84. The van der Waals surface area contributed by atoms with Crippen molar-refractivity contribution in [1.29, 1.82) is 5.26 Å². The van der Waals surface area contributed by atoms with Crippen LogP contribution < -0.4 is 14.6 Å². The van der Waals surface area contributed by atoms with Gasteiger partial charge in [0.2, 0.25) is 0 Å². The smallest absolute Gasteiger partial charge is 0.180 e. The largest absolute Gasteiger partial charge is 0.545 e. The number of carboxylic acids is 1. The van der Waals surface area contributed by atoms with E-state index in [1.165, 1.54) is 18.2 Å². The molecule has 0 heterocycles. The molecule has 0 amide bonds. The number of nitrogens with zero attached hydrogens (tertiary/aromatic N) is 1. The first-order valence-corrected chi connectivity index (χ1v) is 7.22. The maximum Gasteiger partial charge on any atom is 0.180 e. The van der Waals surface area contributed by atoms with E-state index < -0.39 is 5.97 Å². The molecule has 0 saturated heterocycles.